The molecular formula is C8H7F2NO2. The molecule has 0 saturated carbocycles. The van der Waals surface area contributed by atoms with Crippen molar-refractivity contribution in [3.63, 3.8) is 0 Å². The summed E-state index contributed by atoms with van der Waals surface area (Å²) in [5.41, 5.74) is 0.111. The van der Waals surface area contributed by atoms with Gasteiger partial charge in [0.05, 0.1) is 0 Å². The maximum atomic E-state index is 12.5. The molecule has 0 fully saturated rings. The molecule has 0 aliphatic rings. The molecule has 0 amide bonds. The first kappa shape index (κ1) is 9.44. The highest BCUT2D eigenvalue weighted by molar-refractivity contribution is 5.72. The van der Waals surface area contributed by atoms with Crippen molar-refractivity contribution in [1.82, 2.24) is 0 Å². The molecule has 0 unspecified atom stereocenters. The molecule has 1 aromatic rings. The highest BCUT2D eigenvalue weighted by Crippen LogP contribution is 2.12. The zero-order valence-electron chi connectivity index (χ0n) is 6.55. The van der Waals surface area contributed by atoms with Crippen LogP contribution in [0.3, 0.4) is 0 Å². The summed E-state index contributed by atoms with van der Waals surface area (Å²) in [6, 6.07) is 2.75. The topological polar surface area (TPSA) is 49.3 Å². The second-order valence-corrected chi connectivity index (χ2v) is 2.41. The number of benzene rings is 1. The Morgan fingerprint density at radius 2 is 1.85 bits per heavy atom. The summed E-state index contributed by atoms with van der Waals surface area (Å²) in [4.78, 5) is 10.1. The van der Waals surface area contributed by atoms with Gasteiger partial charge in [0.2, 0.25) is 0 Å². The summed E-state index contributed by atoms with van der Waals surface area (Å²) < 4.78 is 25.1. The van der Waals surface area contributed by atoms with Gasteiger partial charge < -0.3 is 10.4 Å². The number of hydrogen-bond donors (Lipinski definition) is 2. The van der Waals surface area contributed by atoms with E-state index >= 15 is 0 Å². The number of carbonyl (C=O) groups is 1. The fourth-order valence-electron chi connectivity index (χ4n) is 0.834. The van der Waals surface area contributed by atoms with Gasteiger partial charge in [-0.15, -0.1) is 0 Å². The molecule has 0 radical (unpaired) electrons. The van der Waals surface area contributed by atoms with E-state index in [4.69, 9.17) is 5.11 Å². The summed E-state index contributed by atoms with van der Waals surface area (Å²) in [7, 11) is 0. The third-order valence-corrected chi connectivity index (χ3v) is 1.31. The van der Waals surface area contributed by atoms with Crippen molar-refractivity contribution in [2.75, 3.05) is 11.9 Å². The molecule has 0 aliphatic carbocycles. The van der Waals surface area contributed by atoms with Crippen LogP contribution in [0.2, 0.25) is 0 Å². The second kappa shape index (κ2) is 3.84. The highest BCUT2D eigenvalue weighted by atomic mass is 19.1. The minimum absolute atomic E-state index is 0.111. The summed E-state index contributed by atoms with van der Waals surface area (Å²) >= 11 is 0. The van der Waals surface area contributed by atoms with E-state index in [1.54, 1.807) is 0 Å². The van der Waals surface area contributed by atoms with Gasteiger partial charge in [-0.3, -0.25) is 4.79 Å². The number of halogens is 2. The SMILES string of the molecule is O=C(O)CNc1cc(F)cc(F)c1. The third-order valence-electron chi connectivity index (χ3n) is 1.31. The Hall–Kier alpha value is -1.65. The zero-order chi connectivity index (χ0) is 9.84. The fraction of sp³-hybridized carbons (Fsp3) is 0.125. The van der Waals surface area contributed by atoms with E-state index in [1.165, 1.54) is 0 Å². The van der Waals surface area contributed by atoms with E-state index in [-0.39, 0.29) is 12.2 Å². The first-order valence-electron chi connectivity index (χ1n) is 3.49. The molecule has 0 saturated heterocycles. The van der Waals surface area contributed by atoms with E-state index in [0.29, 0.717) is 6.07 Å². The fourth-order valence-corrected chi connectivity index (χ4v) is 0.834. The largest absolute Gasteiger partial charge is 0.480 e. The monoisotopic (exact) mass is 187 g/mol. The smallest absolute Gasteiger partial charge is 0.322 e. The van der Waals surface area contributed by atoms with Crippen molar-refractivity contribution in [2.24, 2.45) is 0 Å². The van der Waals surface area contributed by atoms with Crippen LogP contribution in [-0.4, -0.2) is 17.6 Å². The molecule has 0 atom stereocenters. The number of carboxylic acid groups (broad SMARTS) is 1. The van der Waals surface area contributed by atoms with Crippen molar-refractivity contribution in [3.05, 3.63) is 29.8 Å². The number of rotatable bonds is 3. The molecule has 0 heterocycles. The Kier molecular flexibility index (Phi) is 2.79. The lowest BCUT2D eigenvalue weighted by molar-refractivity contribution is -0.134. The normalized spacial score (nSPS) is 9.69. The van der Waals surface area contributed by atoms with Crippen LogP contribution in [0.4, 0.5) is 14.5 Å². The molecule has 0 spiro atoms. The van der Waals surface area contributed by atoms with Crippen LogP contribution >= 0.6 is 0 Å². The molecule has 13 heavy (non-hydrogen) atoms. The first-order valence-corrected chi connectivity index (χ1v) is 3.49. The summed E-state index contributed by atoms with van der Waals surface area (Å²) in [6.07, 6.45) is 0. The Morgan fingerprint density at radius 1 is 1.31 bits per heavy atom. The Labute approximate surface area is 73.0 Å². The lowest BCUT2D eigenvalue weighted by Crippen LogP contribution is -2.12. The van der Waals surface area contributed by atoms with Gasteiger partial charge in [0, 0.05) is 11.8 Å². The number of aliphatic carboxylic acids is 1. The van der Waals surface area contributed by atoms with E-state index in [9.17, 15) is 13.6 Å². The average molecular weight is 187 g/mol. The predicted molar refractivity (Wildman–Crippen MR) is 42.5 cm³/mol. The third kappa shape index (κ3) is 3.06. The molecule has 2 N–H and O–H groups in total. The van der Waals surface area contributed by atoms with Crippen molar-refractivity contribution in [3.8, 4) is 0 Å². The van der Waals surface area contributed by atoms with Crippen molar-refractivity contribution in [1.29, 1.82) is 0 Å². The highest BCUT2D eigenvalue weighted by Gasteiger charge is 2.01. The standard InChI is InChI=1S/C8H7F2NO2/c9-5-1-6(10)3-7(2-5)11-4-8(12)13/h1-3,11H,4H2,(H,12,13). The summed E-state index contributed by atoms with van der Waals surface area (Å²) in [5, 5.41) is 10.6. The van der Waals surface area contributed by atoms with E-state index in [0.717, 1.165) is 12.1 Å². The van der Waals surface area contributed by atoms with Gasteiger partial charge in [-0.05, 0) is 12.1 Å². The zero-order valence-corrected chi connectivity index (χ0v) is 6.55. The minimum atomic E-state index is -1.09. The van der Waals surface area contributed by atoms with E-state index < -0.39 is 17.6 Å². The van der Waals surface area contributed by atoms with Crippen LogP contribution in [0.1, 0.15) is 0 Å². The Bertz CT molecular complexity index is 308. The van der Waals surface area contributed by atoms with Crippen LogP contribution in [0.15, 0.2) is 18.2 Å². The Balaban J connectivity index is 2.71. The second-order valence-electron chi connectivity index (χ2n) is 2.41. The van der Waals surface area contributed by atoms with Crippen LogP contribution in [0, 0.1) is 11.6 Å². The lowest BCUT2D eigenvalue weighted by Gasteiger charge is -2.02. The molecule has 70 valence electrons. The number of hydrogen-bond acceptors (Lipinski definition) is 2. The predicted octanol–water partition coefficient (Wildman–Crippen LogP) is 1.46. The summed E-state index contributed by atoms with van der Waals surface area (Å²) in [5.74, 6) is -2.58. The average Bonchev–Trinajstić information content (AvgIpc) is 1.99. The van der Waals surface area contributed by atoms with Gasteiger partial charge in [0.15, 0.2) is 0 Å². The molecule has 0 aliphatic heterocycles. The van der Waals surface area contributed by atoms with Gasteiger partial charge in [0.1, 0.15) is 18.2 Å². The van der Waals surface area contributed by atoms with E-state index in [2.05, 4.69) is 5.32 Å². The molecule has 1 aromatic carbocycles. The maximum absolute atomic E-state index is 12.5. The van der Waals surface area contributed by atoms with Crippen LogP contribution in [0.25, 0.3) is 0 Å². The molecule has 0 aromatic heterocycles. The minimum Gasteiger partial charge on any atom is -0.480 e. The number of nitrogens with one attached hydrogen (secondary N) is 1. The molecule has 0 bridgehead atoms. The molecule has 3 nitrogen and oxygen atoms in total. The maximum Gasteiger partial charge on any atom is 0.322 e. The van der Waals surface area contributed by atoms with E-state index in [1.807, 2.05) is 0 Å². The van der Waals surface area contributed by atoms with Gasteiger partial charge in [-0.2, -0.15) is 0 Å². The quantitative estimate of drug-likeness (QED) is 0.753. The molecule has 5 heteroatoms. The van der Waals surface area contributed by atoms with Crippen molar-refractivity contribution in [2.45, 2.75) is 0 Å². The number of anilines is 1. The number of carboxylic acids is 1. The summed E-state index contributed by atoms with van der Waals surface area (Å²) in [6.45, 7) is -0.372. The van der Waals surface area contributed by atoms with Crippen LogP contribution in [0.5, 0.6) is 0 Å². The van der Waals surface area contributed by atoms with Crippen LogP contribution in [-0.2, 0) is 4.79 Å². The van der Waals surface area contributed by atoms with Crippen molar-refractivity contribution < 1.29 is 18.7 Å². The van der Waals surface area contributed by atoms with Crippen molar-refractivity contribution >= 4 is 11.7 Å². The Morgan fingerprint density at radius 3 is 2.31 bits per heavy atom. The van der Waals surface area contributed by atoms with Gasteiger partial charge in [0.25, 0.3) is 0 Å². The first-order chi connectivity index (χ1) is 6.08. The van der Waals surface area contributed by atoms with Gasteiger partial charge in [-0.1, -0.05) is 0 Å². The van der Waals surface area contributed by atoms with Gasteiger partial charge in [-0.25, -0.2) is 8.78 Å². The lowest BCUT2D eigenvalue weighted by atomic mass is 10.3. The van der Waals surface area contributed by atoms with Gasteiger partial charge >= 0.3 is 5.97 Å². The molecule has 1 rings (SSSR count). The van der Waals surface area contributed by atoms with Crippen LogP contribution < -0.4 is 5.32 Å². The molecular weight excluding hydrogens is 180 g/mol.